The Bertz CT molecular complexity index is 471. The average molecular weight is 323 g/mol. The van der Waals surface area contributed by atoms with Crippen LogP contribution < -0.4 is 0 Å². The highest BCUT2D eigenvalue weighted by atomic mass is 32.2. The van der Waals surface area contributed by atoms with Crippen LogP contribution in [-0.4, -0.2) is 43.3 Å². The van der Waals surface area contributed by atoms with Crippen molar-refractivity contribution in [3.05, 3.63) is 12.3 Å². The second-order valence-corrected chi connectivity index (χ2v) is 9.44. The summed E-state index contributed by atoms with van der Waals surface area (Å²) in [5.41, 5.74) is 0. The lowest BCUT2D eigenvalue weighted by molar-refractivity contribution is -0.129. The first-order chi connectivity index (χ1) is 10.5. The van der Waals surface area contributed by atoms with Crippen LogP contribution in [0.25, 0.3) is 0 Å². The van der Waals surface area contributed by atoms with E-state index in [9.17, 15) is 15.0 Å². The molecule has 4 fully saturated rings. The molecule has 3 atom stereocenters. The van der Waals surface area contributed by atoms with Crippen LogP contribution in [0.15, 0.2) is 12.3 Å². The first kappa shape index (κ1) is 15.0. The third-order valence-corrected chi connectivity index (χ3v) is 7.82. The van der Waals surface area contributed by atoms with Crippen molar-refractivity contribution < 1.29 is 15.0 Å². The van der Waals surface area contributed by atoms with Crippen molar-refractivity contribution in [2.45, 2.75) is 67.8 Å². The highest BCUT2D eigenvalue weighted by Crippen LogP contribution is 2.61. The summed E-state index contributed by atoms with van der Waals surface area (Å²) in [6.07, 6.45) is 9.20. The molecule has 5 aliphatic rings. The molecule has 0 radical (unpaired) electrons. The zero-order valence-electron chi connectivity index (χ0n) is 13.0. The van der Waals surface area contributed by atoms with Gasteiger partial charge in [-0.1, -0.05) is 0 Å². The maximum absolute atomic E-state index is 11.9. The lowest BCUT2D eigenvalue weighted by Crippen LogP contribution is -2.55. The Kier molecular flexibility index (Phi) is 3.59. The highest BCUT2D eigenvalue weighted by molar-refractivity contribution is 8.01. The molecule has 5 heteroatoms. The second-order valence-electron chi connectivity index (χ2n) is 7.86. The molecule has 4 aliphatic carbocycles. The number of rotatable bonds is 2. The predicted octanol–water partition coefficient (Wildman–Crippen LogP) is 2.11. The summed E-state index contributed by atoms with van der Waals surface area (Å²) in [6.45, 7) is 1.53. The number of aliphatic hydroxyl groups is 2. The topological polar surface area (TPSA) is 60.8 Å². The summed E-state index contributed by atoms with van der Waals surface area (Å²) < 4.78 is 0.207. The fraction of sp³-hybridized carbons (Fsp3) is 0.824. The van der Waals surface area contributed by atoms with E-state index in [0.717, 1.165) is 17.8 Å². The minimum atomic E-state index is -0.896. The van der Waals surface area contributed by atoms with Gasteiger partial charge in [0, 0.05) is 17.9 Å². The molecule has 0 unspecified atom stereocenters. The quantitative estimate of drug-likeness (QED) is 0.817. The Labute approximate surface area is 135 Å². The Hall–Kier alpha value is -0.520. The van der Waals surface area contributed by atoms with Gasteiger partial charge < -0.3 is 15.1 Å². The molecule has 0 aromatic heterocycles. The molecule has 1 amide bonds. The van der Waals surface area contributed by atoms with Crippen molar-refractivity contribution >= 4 is 17.7 Å². The smallest absolute Gasteiger partial charge is 0.224 e. The molecule has 4 nitrogen and oxygen atoms in total. The summed E-state index contributed by atoms with van der Waals surface area (Å²) in [4.78, 5) is 13.5. The van der Waals surface area contributed by atoms with E-state index in [2.05, 4.69) is 0 Å². The summed E-state index contributed by atoms with van der Waals surface area (Å²) in [5.74, 6) is 2.45. The lowest BCUT2D eigenvalue weighted by atomic mass is 9.56. The van der Waals surface area contributed by atoms with E-state index in [-0.39, 0.29) is 16.0 Å². The van der Waals surface area contributed by atoms with E-state index in [0.29, 0.717) is 0 Å². The summed E-state index contributed by atoms with van der Waals surface area (Å²) in [6, 6.07) is 0. The first-order valence-corrected chi connectivity index (χ1v) is 9.35. The minimum absolute atomic E-state index is 0.0653. The predicted molar refractivity (Wildman–Crippen MR) is 86.0 cm³/mol. The van der Waals surface area contributed by atoms with E-state index in [1.165, 1.54) is 51.5 Å². The molecule has 4 saturated carbocycles. The number of nitrogens with zero attached hydrogens (tertiary/aromatic N) is 1. The highest BCUT2D eigenvalue weighted by Gasteiger charge is 2.53. The number of hydrogen-bond donors (Lipinski definition) is 2. The molecule has 0 saturated heterocycles. The van der Waals surface area contributed by atoms with Crippen molar-refractivity contribution in [1.29, 1.82) is 0 Å². The van der Waals surface area contributed by atoms with Crippen molar-refractivity contribution in [2.75, 3.05) is 0 Å². The molecule has 1 aliphatic heterocycles. The molecule has 22 heavy (non-hydrogen) atoms. The normalized spacial score (nSPS) is 49.7. The number of aliphatic hydroxyl groups excluding tert-OH is 2. The van der Waals surface area contributed by atoms with Crippen LogP contribution in [0.2, 0.25) is 0 Å². The zero-order valence-corrected chi connectivity index (χ0v) is 13.8. The van der Waals surface area contributed by atoms with Crippen molar-refractivity contribution in [3.8, 4) is 0 Å². The second kappa shape index (κ2) is 5.25. The van der Waals surface area contributed by atoms with Gasteiger partial charge in [0.05, 0.1) is 0 Å². The van der Waals surface area contributed by atoms with Gasteiger partial charge in [-0.15, -0.1) is 11.8 Å². The van der Waals surface area contributed by atoms with E-state index in [1.54, 1.807) is 22.9 Å². The summed E-state index contributed by atoms with van der Waals surface area (Å²) >= 11 is 1.77. The van der Waals surface area contributed by atoms with E-state index < -0.39 is 12.2 Å². The Morgan fingerprint density at radius 2 is 1.68 bits per heavy atom. The standard InChI is InChI=1S/C17H25NO3S/c1-10(19)18-3-2-14(20)15(21)16(18)22-17-7-11-4-12(8-17)6-13(5-11)9-17/h2-3,11-16,20-21H,4-9H2,1H3/t11?,12?,13?,14-,15+,16-,17?/m0/s1. The van der Waals surface area contributed by atoms with Gasteiger partial charge in [0.15, 0.2) is 0 Å². The van der Waals surface area contributed by atoms with Crippen molar-refractivity contribution in [3.63, 3.8) is 0 Å². The van der Waals surface area contributed by atoms with Gasteiger partial charge in [0.25, 0.3) is 0 Å². The third-order valence-electron chi connectivity index (χ3n) is 6.08. The molecule has 2 N–H and O–H groups in total. The minimum Gasteiger partial charge on any atom is -0.387 e. The summed E-state index contributed by atoms with van der Waals surface area (Å²) in [7, 11) is 0. The number of carbonyl (C=O) groups is 1. The SMILES string of the molecule is CC(=O)N1C=C[C@H](O)[C@@H](O)[C@@H]1SC12CC3CC(CC(C3)C1)C2. The van der Waals surface area contributed by atoms with E-state index in [4.69, 9.17) is 0 Å². The molecule has 0 aromatic carbocycles. The van der Waals surface area contributed by atoms with Gasteiger partial charge in [0.2, 0.25) is 5.91 Å². The third kappa shape index (κ3) is 2.42. The van der Waals surface area contributed by atoms with E-state index >= 15 is 0 Å². The Balaban J connectivity index is 1.58. The van der Waals surface area contributed by atoms with Crippen LogP contribution >= 0.6 is 11.8 Å². The number of carbonyl (C=O) groups excluding carboxylic acids is 1. The molecule has 0 aromatic rings. The zero-order chi connectivity index (χ0) is 15.5. The Morgan fingerprint density at radius 1 is 1.14 bits per heavy atom. The van der Waals surface area contributed by atoms with Crippen LogP contribution in [-0.2, 0) is 4.79 Å². The van der Waals surface area contributed by atoms with Gasteiger partial charge in [-0.25, -0.2) is 0 Å². The molecule has 122 valence electrons. The molecule has 5 rings (SSSR count). The monoisotopic (exact) mass is 323 g/mol. The number of amides is 1. The molecule has 1 heterocycles. The van der Waals surface area contributed by atoms with Gasteiger partial charge in [-0.05, 0) is 62.4 Å². The van der Waals surface area contributed by atoms with Crippen molar-refractivity contribution in [1.82, 2.24) is 4.90 Å². The summed E-state index contributed by atoms with van der Waals surface area (Å²) in [5, 5.41) is 20.1. The van der Waals surface area contributed by atoms with Crippen LogP contribution in [0.3, 0.4) is 0 Å². The van der Waals surface area contributed by atoms with Crippen LogP contribution in [0.1, 0.15) is 45.4 Å². The maximum Gasteiger partial charge on any atom is 0.224 e. The van der Waals surface area contributed by atoms with Crippen LogP contribution in [0, 0.1) is 17.8 Å². The maximum atomic E-state index is 11.9. The van der Waals surface area contributed by atoms with E-state index in [1.807, 2.05) is 0 Å². The average Bonchev–Trinajstić information content (AvgIpc) is 2.42. The fourth-order valence-corrected chi connectivity index (χ4v) is 7.70. The largest absolute Gasteiger partial charge is 0.387 e. The molecule has 0 spiro atoms. The Morgan fingerprint density at radius 3 is 2.18 bits per heavy atom. The number of thioether (sulfide) groups is 1. The van der Waals surface area contributed by atoms with Gasteiger partial charge in [0.1, 0.15) is 17.6 Å². The molecule has 4 bridgehead atoms. The van der Waals surface area contributed by atoms with Gasteiger partial charge >= 0.3 is 0 Å². The van der Waals surface area contributed by atoms with Crippen molar-refractivity contribution in [2.24, 2.45) is 17.8 Å². The fourth-order valence-electron chi connectivity index (χ4n) is 5.56. The lowest BCUT2D eigenvalue weighted by Gasteiger charge is -2.58. The van der Waals surface area contributed by atoms with Gasteiger partial charge in [-0.2, -0.15) is 0 Å². The number of hydrogen-bond acceptors (Lipinski definition) is 4. The van der Waals surface area contributed by atoms with Gasteiger partial charge in [-0.3, -0.25) is 4.79 Å². The van der Waals surface area contributed by atoms with Crippen LogP contribution in [0.4, 0.5) is 0 Å². The first-order valence-electron chi connectivity index (χ1n) is 8.47. The van der Waals surface area contributed by atoms with Crippen LogP contribution in [0.5, 0.6) is 0 Å². The molecular formula is C17H25NO3S. The molecular weight excluding hydrogens is 298 g/mol.